The van der Waals surface area contributed by atoms with E-state index in [1.165, 1.54) is 36.4 Å². The maximum atomic E-state index is 15.7. The van der Waals surface area contributed by atoms with E-state index in [4.69, 9.17) is 11.6 Å². The second-order valence-electron chi connectivity index (χ2n) is 8.78. The van der Waals surface area contributed by atoms with Gasteiger partial charge in [-0.05, 0) is 50.2 Å². The molecule has 0 atom stereocenters. The number of hydrogen-bond acceptors (Lipinski definition) is 5. The zero-order valence-corrected chi connectivity index (χ0v) is 23.2. The molecular formula is C28H22ClF2N3O3S2. The Morgan fingerprint density at radius 3 is 2.46 bits per heavy atom. The number of nitrogens with zero attached hydrogens (tertiary/aromatic N) is 3. The Hall–Kier alpha value is -3.47. The summed E-state index contributed by atoms with van der Waals surface area (Å²) in [4.78, 5) is 13.6. The second kappa shape index (κ2) is 10.6. The quantitative estimate of drug-likeness (QED) is 0.185. The van der Waals surface area contributed by atoms with Crippen LogP contribution in [0.15, 0.2) is 87.7 Å². The van der Waals surface area contributed by atoms with Crippen LogP contribution in [0.25, 0.3) is 16.6 Å². The fourth-order valence-electron chi connectivity index (χ4n) is 4.37. The highest BCUT2D eigenvalue weighted by Crippen LogP contribution is 2.42. The molecule has 0 aliphatic rings. The lowest BCUT2D eigenvalue weighted by Gasteiger charge is -2.09. The first-order valence-corrected chi connectivity index (χ1v) is 14.8. The van der Waals surface area contributed by atoms with Crippen LogP contribution >= 0.6 is 23.4 Å². The van der Waals surface area contributed by atoms with Crippen LogP contribution in [0, 0.1) is 18.6 Å². The van der Waals surface area contributed by atoms with Gasteiger partial charge in [0.1, 0.15) is 11.6 Å². The number of halogens is 3. The van der Waals surface area contributed by atoms with Crippen molar-refractivity contribution in [1.29, 1.82) is 0 Å². The average Bonchev–Trinajstić information content (AvgIpc) is 3.50. The Balaban J connectivity index is 1.56. The first-order valence-electron chi connectivity index (χ1n) is 11.9. The Kier molecular flexibility index (Phi) is 7.37. The van der Waals surface area contributed by atoms with Crippen LogP contribution in [0.4, 0.5) is 8.78 Å². The van der Waals surface area contributed by atoms with Crippen LogP contribution in [-0.4, -0.2) is 34.3 Å². The van der Waals surface area contributed by atoms with Crippen molar-refractivity contribution in [2.75, 3.05) is 5.75 Å². The van der Waals surface area contributed by atoms with Crippen molar-refractivity contribution in [2.45, 2.75) is 35.1 Å². The number of hydrogen-bond donors (Lipinski definition) is 0. The molecule has 11 heteroatoms. The van der Waals surface area contributed by atoms with Crippen molar-refractivity contribution in [3.8, 4) is 5.69 Å². The number of aryl methyl sites for hydroxylation is 1. The molecule has 0 saturated heterocycles. The molecule has 0 N–H and O–H groups in total. The predicted molar refractivity (Wildman–Crippen MR) is 148 cm³/mol. The van der Waals surface area contributed by atoms with Crippen LogP contribution in [0.5, 0.6) is 0 Å². The summed E-state index contributed by atoms with van der Waals surface area (Å²) in [5, 5.41) is 4.74. The van der Waals surface area contributed by atoms with Crippen molar-refractivity contribution < 1.29 is 22.0 Å². The van der Waals surface area contributed by atoms with Gasteiger partial charge in [0.15, 0.2) is 21.4 Å². The lowest BCUT2D eigenvalue weighted by molar-refractivity contribution is 0.101. The molecule has 5 aromatic rings. The normalized spacial score (nSPS) is 11.8. The highest BCUT2D eigenvalue weighted by atomic mass is 35.5. The van der Waals surface area contributed by atoms with Gasteiger partial charge in [-0.25, -0.2) is 17.2 Å². The lowest BCUT2D eigenvalue weighted by Crippen LogP contribution is -2.17. The average molecular weight is 586 g/mol. The molecule has 200 valence electrons. The van der Waals surface area contributed by atoms with Crippen molar-refractivity contribution in [1.82, 2.24) is 14.3 Å². The van der Waals surface area contributed by atoms with Gasteiger partial charge in [-0.2, -0.15) is 5.10 Å². The maximum absolute atomic E-state index is 15.7. The van der Waals surface area contributed by atoms with Gasteiger partial charge in [-0.15, -0.1) is 0 Å². The first kappa shape index (κ1) is 27.1. The molecule has 39 heavy (non-hydrogen) atoms. The number of fused-ring (bicyclic) bond motifs is 1. The highest BCUT2D eigenvalue weighted by molar-refractivity contribution is 7.99. The van der Waals surface area contributed by atoms with E-state index in [1.54, 1.807) is 52.8 Å². The molecule has 0 aliphatic carbocycles. The minimum Gasteiger partial charge on any atom is -0.307 e. The van der Waals surface area contributed by atoms with Gasteiger partial charge >= 0.3 is 0 Å². The monoisotopic (exact) mass is 585 g/mol. The van der Waals surface area contributed by atoms with Gasteiger partial charge in [0.25, 0.3) is 0 Å². The molecular weight excluding hydrogens is 564 g/mol. The standard InChI is InChI=1S/C28H22ClF2N3O3S2/c1-3-33-15-18(14-32-33)34-17(2)28(21-12-13-22(29)26(31)27(21)34)38-24-11-7-10-20(25(24)30)23(35)16-39(36,37)19-8-5-4-6-9-19/h4-15H,3,16H2,1-2H3. The molecule has 3 aromatic carbocycles. The Bertz CT molecular complexity index is 1830. The summed E-state index contributed by atoms with van der Waals surface area (Å²) in [6.45, 7) is 4.33. The van der Waals surface area contributed by atoms with E-state index in [0.717, 1.165) is 11.8 Å². The zero-order chi connectivity index (χ0) is 27.9. The number of Topliss-reactive ketones (excluding diaryl/α,β-unsaturated/α-hetero) is 1. The summed E-state index contributed by atoms with van der Waals surface area (Å²) in [5.41, 5.74) is 1.12. The summed E-state index contributed by atoms with van der Waals surface area (Å²) in [7, 11) is -3.96. The van der Waals surface area contributed by atoms with Crippen LogP contribution in [-0.2, 0) is 16.4 Å². The number of rotatable bonds is 8. The van der Waals surface area contributed by atoms with E-state index in [-0.39, 0.29) is 25.9 Å². The fourth-order valence-corrected chi connectivity index (χ4v) is 6.85. The molecule has 0 unspecified atom stereocenters. The first-order chi connectivity index (χ1) is 18.6. The third kappa shape index (κ3) is 4.99. The SMILES string of the molecule is CCn1cc(-n2c(C)c(Sc3cccc(C(=O)CS(=O)(=O)c4ccccc4)c3F)c3ccc(Cl)c(F)c32)cn1. The van der Waals surface area contributed by atoms with Gasteiger partial charge in [-0.1, -0.05) is 47.6 Å². The van der Waals surface area contributed by atoms with E-state index in [1.807, 2.05) is 6.92 Å². The molecule has 2 heterocycles. The number of benzene rings is 3. The molecule has 5 rings (SSSR count). The van der Waals surface area contributed by atoms with Crippen LogP contribution in [0.2, 0.25) is 5.02 Å². The van der Waals surface area contributed by atoms with E-state index >= 15 is 8.78 Å². The molecule has 0 saturated carbocycles. The van der Waals surface area contributed by atoms with E-state index in [9.17, 15) is 13.2 Å². The number of carbonyl (C=O) groups excluding carboxylic acids is 1. The largest absolute Gasteiger partial charge is 0.307 e. The van der Waals surface area contributed by atoms with Crippen LogP contribution in [0.3, 0.4) is 0 Å². The van der Waals surface area contributed by atoms with Crippen molar-refractivity contribution in [3.05, 3.63) is 101 Å². The molecule has 0 fully saturated rings. The van der Waals surface area contributed by atoms with Crippen LogP contribution in [0.1, 0.15) is 23.0 Å². The minimum atomic E-state index is -3.96. The molecule has 0 bridgehead atoms. The second-order valence-corrected chi connectivity index (χ2v) is 12.2. The molecule has 0 amide bonds. The summed E-state index contributed by atoms with van der Waals surface area (Å²) >= 11 is 7.14. The smallest absolute Gasteiger partial charge is 0.185 e. The maximum Gasteiger partial charge on any atom is 0.185 e. The highest BCUT2D eigenvalue weighted by Gasteiger charge is 2.26. The summed E-state index contributed by atoms with van der Waals surface area (Å²) in [5.74, 6) is -3.19. The number of aromatic nitrogens is 3. The molecule has 6 nitrogen and oxygen atoms in total. The lowest BCUT2D eigenvalue weighted by atomic mass is 10.1. The summed E-state index contributed by atoms with van der Waals surface area (Å²) < 4.78 is 59.8. The third-order valence-electron chi connectivity index (χ3n) is 6.30. The minimum absolute atomic E-state index is 0.0141. The van der Waals surface area contributed by atoms with Crippen molar-refractivity contribution in [2.24, 2.45) is 0 Å². The molecule has 0 radical (unpaired) electrons. The molecule has 2 aromatic heterocycles. The van der Waals surface area contributed by atoms with Crippen molar-refractivity contribution in [3.63, 3.8) is 0 Å². The number of carbonyl (C=O) groups is 1. The Labute approximate surface area is 233 Å². The van der Waals surface area contributed by atoms with Gasteiger partial charge in [0, 0.05) is 33.6 Å². The fraction of sp³-hybridized carbons (Fsp3) is 0.143. The van der Waals surface area contributed by atoms with Gasteiger partial charge in [0.05, 0.1) is 32.9 Å². The van der Waals surface area contributed by atoms with E-state index in [2.05, 4.69) is 5.10 Å². The van der Waals surface area contributed by atoms with Gasteiger partial charge in [0.2, 0.25) is 0 Å². The third-order valence-corrected chi connectivity index (χ3v) is 9.48. The number of ketones is 1. The zero-order valence-electron chi connectivity index (χ0n) is 20.9. The summed E-state index contributed by atoms with van der Waals surface area (Å²) in [6, 6.07) is 14.9. The number of sulfone groups is 1. The van der Waals surface area contributed by atoms with Crippen LogP contribution < -0.4 is 0 Å². The van der Waals surface area contributed by atoms with Gasteiger partial charge in [-0.3, -0.25) is 9.48 Å². The van der Waals surface area contributed by atoms with E-state index < -0.39 is 33.0 Å². The van der Waals surface area contributed by atoms with E-state index in [0.29, 0.717) is 28.2 Å². The Morgan fingerprint density at radius 2 is 1.77 bits per heavy atom. The molecule has 0 aliphatic heterocycles. The molecule has 0 spiro atoms. The Morgan fingerprint density at radius 1 is 1.03 bits per heavy atom. The van der Waals surface area contributed by atoms with Crippen molar-refractivity contribution >= 4 is 49.9 Å². The topological polar surface area (TPSA) is 74.0 Å². The van der Waals surface area contributed by atoms with Gasteiger partial charge < -0.3 is 4.57 Å². The summed E-state index contributed by atoms with van der Waals surface area (Å²) in [6.07, 6.45) is 3.38. The predicted octanol–water partition coefficient (Wildman–Crippen LogP) is 6.89.